The van der Waals surface area contributed by atoms with Gasteiger partial charge in [-0.25, -0.2) is 4.68 Å². The third kappa shape index (κ3) is 4.81. The van der Waals surface area contributed by atoms with E-state index in [0.717, 1.165) is 5.69 Å². The van der Waals surface area contributed by atoms with Crippen molar-refractivity contribution >= 4 is 11.6 Å². The molecule has 29 heavy (non-hydrogen) atoms. The lowest BCUT2D eigenvalue weighted by molar-refractivity contribution is 0.102. The number of hydrogen-bond donors (Lipinski definition) is 1. The molecule has 3 rings (SSSR count). The molecular formula is C20H23N5O4. The van der Waals surface area contributed by atoms with Gasteiger partial charge in [0.2, 0.25) is 5.75 Å². The van der Waals surface area contributed by atoms with Gasteiger partial charge in [-0.1, -0.05) is 0 Å². The van der Waals surface area contributed by atoms with E-state index in [1.165, 1.54) is 11.0 Å². The van der Waals surface area contributed by atoms with Crippen LogP contribution in [-0.2, 0) is 0 Å². The van der Waals surface area contributed by atoms with Gasteiger partial charge >= 0.3 is 0 Å². The molecule has 0 aliphatic carbocycles. The zero-order chi connectivity index (χ0) is 20.6. The van der Waals surface area contributed by atoms with Crippen LogP contribution in [0.15, 0.2) is 42.7 Å². The summed E-state index contributed by atoms with van der Waals surface area (Å²) in [5, 5.41) is 13.9. The summed E-state index contributed by atoms with van der Waals surface area (Å²) in [6.07, 6.45) is 1.50. The van der Waals surface area contributed by atoms with E-state index in [2.05, 4.69) is 20.8 Å². The normalized spacial score (nSPS) is 10.4. The molecule has 0 fully saturated rings. The van der Waals surface area contributed by atoms with Crippen LogP contribution in [0, 0.1) is 0 Å². The largest absolute Gasteiger partial charge is 0.490 e. The van der Waals surface area contributed by atoms with Gasteiger partial charge in [-0.15, -0.1) is 5.10 Å². The lowest BCUT2D eigenvalue weighted by Crippen LogP contribution is -2.13. The molecule has 0 bridgehead atoms. The van der Waals surface area contributed by atoms with Gasteiger partial charge in [-0.05, 0) is 67.6 Å². The summed E-state index contributed by atoms with van der Waals surface area (Å²) in [5.74, 6) is 1.16. The maximum atomic E-state index is 12.8. The molecule has 0 saturated carbocycles. The number of nitrogens with zero attached hydrogens (tertiary/aromatic N) is 4. The number of anilines is 1. The number of carbonyl (C=O) groups excluding carboxylic acids is 1. The number of rotatable bonds is 9. The van der Waals surface area contributed by atoms with E-state index in [9.17, 15) is 4.79 Å². The molecule has 0 radical (unpaired) electrons. The minimum absolute atomic E-state index is 0.287. The van der Waals surface area contributed by atoms with Crippen molar-refractivity contribution in [1.82, 2.24) is 20.2 Å². The Kier molecular flexibility index (Phi) is 6.62. The number of carbonyl (C=O) groups is 1. The molecule has 0 saturated heterocycles. The minimum Gasteiger partial charge on any atom is -0.490 e. The first kappa shape index (κ1) is 20.1. The van der Waals surface area contributed by atoms with Crippen LogP contribution in [0.5, 0.6) is 17.2 Å². The van der Waals surface area contributed by atoms with E-state index in [4.69, 9.17) is 14.2 Å². The molecule has 1 heterocycles. The van der Waals surface area contributed by atoms with Gasteiger partial charge in [0.25, 0.3) is 5.91 Å². The van der Waals surface area contributed by atoms with Crippen LogP contribution in [0.1, 0.15) is 31.1 Å². The molecule has 0 atom stereocenters. The third-order valence-corrected chi connectivity index (χ3v) is 3.91. The number of amides is 1. The smallest absolute Gasteiger partial charge is 0.255 e. The highest BCUT2D eigenvalue weighted by molar-refractivity contribution is 6.05. The molecule has 0 unspecified atom stereocenters. The maximum Gasteiger partial charge on any atom is 0.255 e. The fraction of sp³-hybridized carbons (Fsp3) is 0.300. The number of ether oxygens (including phenoxy) is 3. The van der Waals surface area contributed by atoms with Gasteiger partial charge in [-0.3, -0.25) is 4.79 Å². The molecule has 2 aromatic carbocycles. The van der Waals surface area contributed by atoms with Crippen molar-refractivity contribution in [3.05, 3.63) is 48.3 Å². The molecule has 0 aliphatic rings. The van der Waals surface area contributed by atoms with Crippen LogP contribution < -0.4 is 19.5 Å². The van der Waals surface area contributed by atoms with Crippen LogP contribution in [0.2, 0.25) is 0 Å². The Morgan fingerprint density at radius 3 is 2.10 bits per heavy atom. The maximum absolute atomic E-state index is 12.8. The predicted octanol–water partition coefficient (Wildman–Crippen LogP) is 3.11. The summed E-state index contributed by atoms with van der Waals surface area (Å²) in [5.41, 5.74) is 1.83. The van der Waals surface area contributed by atoms with E-state index >= 15 is 0 Å². The Morgan fingerprint density at radius 1 is 0.966 bits per heavy atom. The summed E-state index contributed by atoms with van der Waals surface area (Å²) >= 11 is 0. The molecule has 152 valence electrons. The SMILES string of the molecule is CCOc1cc(C(=O)Nc2ccc(-n3cnnn3)cc2)cc(OCC)c1OCC. The summed E-state index contributed by atoms with van der Waals surface area (Å²) in [7, 11) is 0. The van der Waals surface area contributed by atoms with Gasteiger partial charge in [0.05, 0.1) is 25.5 Å². The van der Waals surface area contributed by atoms with Crippen LogP contribution in [0.3, 0.4) is 0 Å². The summed E-state index contributed by atoms with van der Waals surface area (Å²) < 4.78 is 18.5. The number of benzene rings is 2. The molecule has 3 aromatic rings. The van der Waals surface area contributed by atoms with Crippen molar-refractivity contribution in [3.63, 3.8) is 0 Å². The molecule has 9 nitrogen and oxygen atoms in total. The predicted molar refractivity (Wildman–Crippen MR) is 107 cm³/mol. The van der Waals surface area contributed by atoms with E-state index in [1.807, 2.05) is 20.8 Å². The van der Waals surface area contributed by atoms with E-state index in [0.29, 0.717) is 48.3 Å². The quantitative estimate of drug-likeness (QED) is 0.592. The highest BCUT2D eigenvalue weighted by Gasteiger charge is 2.18. The summed E-state index contributed by atoms with van der Waals surface area (Å²) in [4.78, 5) is 12.8. The fourth-order valence-electron chi connectivity index (χ4n) is 2.70. The second-order valence-corrected chi connectivity index (χ2v) is 5.86. The van der Waals surface area contributed by atoms with Crippen molar-refractivity contribution in [1.29, 1.82) is 0 Å². The molecule has 0 aliphatic heterocycles. The first-order valence-electron chi connectivity index (χ1n) is 9.37. The number of tetrazole rings is 1. The number of hydrogen-bond acceptors (Lipinski definition) is 7. The number of aromatic nitrogens is 4. The average molecular weight is 397 g/mol. The van der Waals surface area contributed by atoms with Gasteiger partial charge in [0.15, 0.2) is 11.5 Å². The summed E-state index contributed by atoms with van der Waals surface area (Å²) in [6.45, 7) is 6.96. The third-order valence-electron chi connectivity index (χ3n) is 3.91. The molecule has 0 spiro atoms. The molecule has 9 heteroatoms. The number of nitrogens with one attached hydrogen (secondary N) is 1. The Hall–Kier alpha value is -3.62. The van der Waals surface area contributed by atoms with E-state index in [1.54, 1.807) is 36.4 Å². The highest BCUT2D eigenvalue weighted by Crippen LogP contribution is 2.39. The van der Waals surface area contributed by atoms with Crippen LogP contribution >= 0.6 is 0 Å². The van der Waals surface area contributed by atoms with Crippen LogP contribution in [-0.4, -0.2) is 45.9 Å². The van der Waals surface area contributed by atoms with Gasteiger partial charge in [0, 0.05) is 11.3 Å². The fourth-order valence-corrected chi connectivity index (χ4v) is 2.70. The van der Waals surface area contributed by atoms with Crippen molar-refractivity contribution < 1.29 is 19.0 Å². The Labute approximate surface area is 168 Å². The van der Waals surface area contributed by atoms with Gasteiger partial charge in [-0.2, -0.15) is 0 Å². The first-order chi connectivity index (χ1) is 14.2. The van der Waals surface area contributed by atoms with Crippen molar-refractivity contribution in [2.45, 2.75) is 20.8 Å². The standard InChI is InChI=1S/C20H23N5O4/c1-4-27-17-11-14(12-18(28-5-2)19(17)29-6-3)20(26)22-15-7-9-16(10-8-15)25-13-21-23-24-25/h7-13H,4-6H2,1-3H3,(H,22,26). The Balaban J connectivity index is 1.84. The lowest BCUT2D eigenvalue weighted by atomic mass is 10.1. The topological polar surface area (TPSA) is 100 Å². The minimum atomic E-state index is -0.287. The average Bonchev–Trinajstić information content (AvgIpc) is 3.26. The van der Waals surface area contributed by atoms with Gasteiger partial charge in [0.1, 0.15) is 6.33 Å². The van der Waals surface area contributed by atoms with E-state index in [-0.39, 0.29) is 5.91 Å². The Bertz CT molecular complexity index is 915. The van der Waals surface area contributed by atoms with Crippen molar-refractivity contribution in [2.24, 2.45) is 0 Å². The second-order valence-electron chi connectivity index (χ2n) is 5.86. The molecular weight excluding hydrogens is 374 g/mol. The zero-order valence-corrected chi connectivity index (χ0v) is 16.6. The van der Waals surface area contributed by atoms with Crippen LogP contribution in [0.4, 0.5) is 5.69 Å². The molecule has 1 amide bonds. The monoisotopic (exact) mass is 397 g/mol. The molecule has 1 N–H and O–H groups in total. The van der Waals surface area contributed by atoms with Crippen LogP contribution in [0.25, 0.3) is 5.69 Å². The Morgan fingerprint density at radius 2 is 1.59 bits per heavy atom. The summed E-state index contributed by atoms with van der Waals surface area (Å²) in [6, 6.07) is 10.5. The second kappa shape index (κ2) is 9.54. The van der Waals surface area contributed by atoms with Gasteiger partial charge < -0.3 is 19.5 Å². The lowest BCUT2D eigenvalue weighted by Gasteiger charge is -2.17. The first-order valence-corrected chi connectivity index (χ1v) is 9.37. The zero-order valence-electron chi connectivity index (χ0n) is 16.6. The highest BCUT2D eigenvalue weighted by atomic mass is 16.5. The molecule has 1 aromatic heterocycles. The van der Waals surface area contributed by atoms with Crippen molar-refractivity contribution in [3.8, 4) is 22.9 Å². The van der Waals surface area contributed by atoms with Crippen molar-refractivity contribution in [2.75, 3.05) is 25.1 Å². The van der Waals surface area contributed by atoms with E-state index < -0.39 is 0 Å².